The summed E-state index contributed by atoms with van der Waals surface area (Å²) in [5.74, 6) is 0.449. The van der Waals surface area contributed by atoms with Crippen molar-refractivity contribution in [2.45, 2.75) is 44.9 Å². The van der Waals surface area contributed by atoms with Gasteiger partial charge in [0, 0.05) is 31.6 Å². The number of hydrogen-bond acceptors (Lipinski definition) is 2. The normalized spacial score (nSPS) is 14.8. The predicted octanol–water partition coefficient (Wildman–Crippen LogP) is 4.37. The number of carbonyl (C=O) groups is 2. The van der Waals surface area contributed by atoms with E-state index in [2.05, 4.69) is 24.4 Å². The molecule has 1 heterocycles. The minimum Gasteiger partial charge on any atom is -0.343 e. The van der Waals surface area contributed by atoms with Gasteiger partial charge >= 0.3 is 0 Å². The van der Waals surface area contributed by atoms with Crippen molar-refractivity contribution in [3.63, 3.8) is 0 Å². The summed E-state index contributed by atoms with van der Waals surface area (Å²) < 4.78 is 0. The number of nitrogens with zero attached hydrogens (tertiary/aromatic N) is 1. The van der Waals surface area contributed by atoms with E-state index in [9.17, 15) is 9.59 Å². The predicted molar refractivity (Wildman–Crippen MR) is 109 cm³/mol. The number of aryl methyl sites for hydroxylation is 1. The van der Waals surface area contributed by atoms with Crippen LogP contribution in [0.4, 0.5) is 5.69 Å². The molecule has 1 atom stereocenters. The molecule has 0 bridgehead atoms. The second-order valence-electron chi connectivity index (χ2n) is 7.35. The second-order valence-corrected chi connectivity index (χ2v) is 7.35. The van der Waals surface area contributed by atoms with Gasteiger partial charge in [-0.2, -0.15) is 0 Å². The van der Waals surface area contributed by atoms with E-state index in [1.54, 1.807) is 0 Å². The first-order valence-electron chi connectivity index (χ1n) is 9.83. The Kier molecular flexibility index (Phi) is 6.64. The number of hydrogen-bond donors (Lipinski definition) is 1. The molecule has 1 unspecified atom stereocenters. The monoisotopic (exact) mass is 364 g/mol. The lowest BCUT2D eigenvalue weighted by Crippen LogP contribution is -2.27. The van der Waals surface area contributed by atoms with Gasteiger partial charge in [0.05, 0.1) is 0 Å². The quantitative estimate of drug-likeness (QED) is 0.793. The van der Waals surface area contributed by atoms with Crippen LogP contribution in [0.2, 0.25) is 0 Å². The Balaban J connectivity index is 1.45. The number of nitrogens with one attached hydrogen (secondary N) is 1. The molecule has 1 aliphatic rings. The molecule has 0 aliphatic carbocycles. The molecule has 142 valence electrons. The summed E-state index contributed by atoms with van der Waals surface area (Å²) in [4.78, 5) is 26.4. The molecule has 1 saturated heterocycles. The maximum atomic E-state index is 12.3. The van der Waals surface area contributed by atoms with Crippen LogP contribution < -0.4 is 5.32 Å². The molecule has 2 aromatic carbocycles. The van der Waals surface area contributed by atoms with Crippen molar-refractivity contribution in [3.8, 4) is 0 Å². The zero-order valence-corrected chi connectivity index (χ0v) is 16.0. The molecule has 4 heteroatoms. The van der Waals surface area contributed by atoms with E-state index in [0.717, 1.165) is 43.6 Å². The van der Waals surface area contributed by atoms with Crippen molar-refractivity contribution in [2.75, 3.05) is 18.4 Å². The summed E-state index contributed by atoms with van der Waals surface area (Å²) in [6, 6.07) is 17.9. The van der Waals surface area contributed by atoms with Crippen LogP contribution in [0.3, 0.4) is 0 Å². The Bertz CT molecular complexity index is 750. The van der Waals surface area contributed by atoms with Crippen LogP contribution in [0.1, 0.15) is 49.7 Å². The fourth-order valence-corrected chi connectivity index (χ4v) is 3.52. The summed E-state index contributed by atoms with van der Waals surface area (Å²) in [6.07, 6.45) is 4.01. The van der Waals surface area contributed by atoms with Gasteiger partial charge in [0.2, 0.25) is 11.8 Å². The van der Waals surface area contributed by atoms with Crippen LogP contribution in [-0.2, 0) is 16.0 Å². The Labute approximate surface area is 161 Å². The van der Waals surface area contributed by atoms with E-state index in [1.807, 2.05) is 47.4 Å². The van der Waals surface area contributed by atoms with E-state index in [-0.39, 0.29) is 17.7 Å². The van der Waals surface area contributed by atoms with Crippen molar-refractivity contribution >= 4 is 17.5 Å². The average molecular weight is 364 g/mol. The van der Waals surface area contributed by atoms with Gasteiger partial charge in [-0.25, -0.2) is 0 Å². The molecule has 4 nitrogen and oxygen atoms in total. The fraction of sp³-hybridized carbons (Fsp3) is 0.391. The van der Waals surface area contributed by atoms with Gasteiger partial charge in [0.25, 0.3) is 0 Å². The lowest BCUT2D eigenvalue weighted by Gasteiger charge is -2.15. The highest BCUT2D eigenvalue weighted by Gasteiger charge is 2.17. The van der Waals surface area contributed by atoms with Crippen LogP contribution in [0.15, 0.2) is 54.6 Å². The first-order chi connectivity index (χ1) is 13.1. The SMILES string of the molecule is CC(CC(=O)Nc1ccc(CCC(=O)N2CCCC2)cc1)c1ccccc1. The smallest absolute Gasteiger partial charge is 0.224 e. The van der Waals surface area contributed by atoms with Crippen molar-refractivity contribution in [1.29, 1.82) is 0 Å². The van der Waals surface area contributed by atoms with Crippen LogP contribution in [0.5, 0.6) is 0 Å². The zero-order valence-electron chi connectivity index (χ0n) is 16.0. The lowest BCUT2D eigenvalue weighted by atomic mass is 9.97. The maximum Gasteiger partial charge on any atom is 0.224 e. The minimum atomic E-state index is 0.0170. The van der Waals surface area contributed by atoms with Crippen molar-refractivity contribution in [3.05, 3.63) is 65.7 Å². The summed E-state index contributed by atoms with van der Waals surface area (Å²) in [6.45, 7) is 3.88. The molecule has 1 aliphatic heterocycles. The van der Waals surface area contributed by atoms with Crippen LogP contribution in [0.25, 0.3) is 0 Å². The number of likely N-dealkylation sites (tertiary alicyclic amines) is 1. The fourth-order valence-electron chi connectivity index (χ4n) is 3.52. The van der Waals surface area contributed by atoms with E-state index in [0.29, 0.717) is 12.8 Å². The summed E-state index contributed by atoms with van der Waals surface area (Å²) in [5, 5.41) is 2.97. The summed E-state index contributed by atoms with van der Waals surface area (Å²) in [5.41, 5.74) is 3.10. The third kappa shape index (κ3) is 5.68. The van der Waals surface area contributed by atoms with E-state index in [1.165, 1.54) is 5.56 Å². The van der Waals surface area contributed by atoms with Gasteiger partial charge in [-0.05, 0) is 48.4 Å². The number of rotatable bonds is 7. The summed E-state index contributed by atoms with van der Waals surface area (Å²) in [7, 11) is 0. The van der Waals surface area contributed by atoms with E-state index >= 15 is 0 Å². The molecule has 3 rings (SSSR count). The molecular formula is C23H28N2O2. The Morgan fingerprint density at radius 3 is 2.33 bits per heavy atom. The van der Waals surface area contributed by atoms with Crippen molar-refractivity contribution in [1.82, 2.24) is 4.90 Å². The highest BCUT2D eigenvalue weighted by atomic mass is 16.2. The maximum absolute atomic E-state index is 12.3. The number of amides is 2. The highest BCUT2D eigenvalue weighted by molar-refractivity contribution is 5.91. The molecule has 0 radical (unpaired) electrons. The molecule has 1 fully saturated rings. The second kappa shape index (κ2) is 9.36. The Morgan fingerprint density at radius 1 is 1.00 bits per heavy atom. The number of carbonyl (C=O) groups excluding carboxylic acids is 2. The molecule has 2 amide bonds. The molecule has 0 saturated carbocycles. The van der Waals surface area contributed by atoms with Gasteiger partial charge in [-0.1, -0.05) is 49.4 Å². The molecule has 27 heavy (non-hydrogen) atoms. The van der Waals surface area contributed by atoms with Gasteiger partial charge in [-0.3, -0.25) is 9.59 Å². The van der Waals surface area contributed by atoms with Gasteiger partial charge < -0.3 is 10.2 Å². The first kappa shape index (κ1) is 19.2. The van der Waals surface area contributed by atoms with Crippen LogP contribution in [0, 0.1) is 0 Å². The van der Waals surface area contributed by atoms with Gasteiger partial charge in [-0.15, -0.1) is 0 Å². The molecule has 0 spiro atoms. The standard InChI is InChI=1S/C23H28N2O2/c1-18(20-7-3-2-4-8-20)17-22(26)24-21-12-9-19(10-13-21)11-14-23(27)25-15-5-6-16-25/h2-4,7-10,12-13,18H,5-6,11,14-17H2,1H3,(H,24,26). The van der Waals surface area contributed by atoms with Gasteiger partial charge in [0.15, 0.2) is 0 Å². The molecule has 2 aromatic rings. The zero-order chi connectivity index (χ0) is 19.1. The van der Waals surface area contributed by atoms with Crippen molar-refractivity contribution in [2.24, 2.45) is 0 Å². The average Bonchev–Trinajstić information content (AvgIpc) is 3.23. The highest BCUT2D eigenvalue weighted by Crippen LogP contribution is 2.20. The van der Waals surface area contributed by atoms with Crippen LogP contribution >= 0.6 is 0 Å². The first-order valence-corrected chi connectivity index (χ1v) is 9.83. The Morgan fingerprint density at radius 2 is 1.67 bits per heavy atom. The summed E-state index contributed by atoms with van der Waals surface area (Å²) >= 11 is 0. The minimum absolute atomic E-state index is 0.0170. The van der Waals surface area contributed by atoms with E-state index in [4.69, 9.17) is 0 Å². The molecule has 1 N–H and O–H groups in total. The molecular weight excluding hydrogens is 336 g/mol. The number of benzene rings is 2. The topological polar surface area (TPSA) is 49.4 Å². The lowest BCUT2D eigenvalue weighted by molar-refractivity contribution is -0.130. The molecule has 0 aromatic heterocycles. The number of anilines is 1. The Hall–Kier alpha value is -2.62. The van der Waals surface area contributed by atoms with Gasteiger partial charge in [0.1, 0.15) is 0 Å². The van der Waals surface area contributed by atoms with E-state index < -0.39 is 0 Å². The third-order valence-corrected chi connectivity index (χ3v) is 5.18. The third-order valence-electron chi connectivity index (χ3n) is 5.18. The largest absolute Gasteiger partial charge is 0.343 e. The van der Waals surface area contributed by atoms with Crippen LogP contribution in [-0.4, -0.2) is 29.8 Å². The van der Waals surface area contributed by atoms with Crippen molar-refractivity contribution < 1.29 is 9.59 Å².